The molecule has 4 heteroatoms. The molecule has 0 radical (unpaired) electrons. The molecule has 0 saturated carbocycles. The minimum atomic E-state index is -0.0179. The Labute approximate surface area is 88.7 Å². The Morgan fingerprint density at radius 3 is 2.36 bits per heavy atom. The fourth-order valence-electron chi connectivity index (χ4n) is 0.673. The fraction of sp³-hybridized carbons (Fsp3) is 0. The number of hydrogen-bond acceptors (Lipinski definition) is 1. The van der Waals surface area contributed by atoms with E-state index in [2.05, 4.69) is 19.2 Å². The zero-order chi connectivity index (χ0) is 8.27. The molecule has 1 aromatic carbocycles. The molecular formula is C7H5BrNOZr. The second kappa shape index (κ2) is 4.17. The third kappa shape index (κ3) is 2.53. The molecule has 0 saturated heterocycles. The van der Waals surface area contributed by atoms with Crippen molar-refractivity contribution >= 4 is 21.8 Å². The van der Waals surface area contributed by atoms with E-state index < -0.39 is 0 Å². The molecule has 0 unspecified atom stereocenters. The SMILES string of the molecule is O=C([NH][Zr])c1ccc(Br)cc1. The predicted molar refractivity (Wildman–Crippen MR) is 41.6 cm³/mol. The number of hydrogen-bond donors (Lipinski definition) is 1. The molecule has 0 heterocycles. The first-order chi connectivity index (χ1) is 5.24. The summed E-state index contributed by atoms with van der Waals surface area (Å²) in [6, 6.07) is 7.26. The Balaban J connectivity index is 2.90. The van der Waals surface area contributed by atoms with E-state index in [0.29, 0.717) is 5.56 Å². The van der Waals surface area contributed by atoms with Gasteiger partial charge in [0.15, 0.2) is 0 Å². The number of nitrogens with one attached hydrogen (secondary N) is 1. The third-order valence-electron chi connectivity index (χ3n) is 1.22. The van der Waals surface area contributed by atoms with Crippen molar-refractivity contribution in [2.45, 2.75) is 0 Å². The van der Waals surface area contributed by atoms with Crippen LogP contribution in [0.25, 0.3) is 0 Å². The van der Waals surface area contributed by atoms with E-state index in [1.165, 1.54) is 0 Å². The van der Waals surface area contributed by atoms with Gasteiger partial charge in [0.2, 0.25) is 0 Å². The van der Waals surface area contributed by atoms with Gasteiger partial charge < -0.3 is 0 Å². The first-order valence-electron chi connectivity index (χ1n) is 2.96. The maximum absolute atomic E-state index is 11.0. The summed E-state index contributed by atoms with van der Waals surface area (Å²) in [5.74, 6) is -0.0179. The van der Waals surface area contributed by atoms with Crippen molar-refractivity contribution in [3.05, 3.63) is 34.3 Å². The zero-order valence-corrected chi connectivity index (χ0v) is 9.64. The van der Waals surface area contributed by atoms with Gasteiger partial charge >= 0.3 is 89.2 Å². The van der Waals surface area contributed by atoms with E-state index in [1.807, 2.05) is 12.1 Å². The molecule has 0 fully saturated rings. The Bertz CT molecular complexity index is 260. The molecule has 55 valence electrons. The number of benzene rings is 1. The second-order valence-electron chi connectivity index (χ2n) is 1.96. The summed E-state index contributed by atoms with van der Waals surface area (Å²) in [6.45, 7) is 0. The number of rotatable bonds is 1. The molecule has 1 rings (SSSR count). The Kier molecular flexibility index (Phi) is 3.47. The maximum atomic E-state index is 11.0. The molecule has 11 heavy (non-hydrogen) atoms. The fourth-order valence-corrected chi connectivity index (χ4v) is 1.29. The van der Waals surface area contributed by atoms with Gasteiger partial charge in [0.1, 0.15) is 0 Å². The van der Waals surface area contributed by atoms with E-state index in [9.17, 15) is 4.79 Å². The normalized spacial score (nSPS) is 9.09. The van der Waals surface area contributed by atoms with Crippen molar-refractivity contribution in [3.8, 4) is 0 Å². The van der Waals surface area contributed by atoms with Crippen molar-refractivity contribution in [1.82, 2.24) is 3.26 Å². The van der Waals surface area contributed by atoms with Crippen LogP contribution in [0.5, 0.6) is 0 Å². The monoisotopic (exact) mass is 288 g/mol. The van der Waals surface area contributed by atoms with E-state index in [4.69, 9.17) is 0 Å². The van der Waals surface area contributed by atoms with Crippen molar-refractivity contribution in [3.63, 3.8) is 0 Å². The molecule has 0 bridgehead atoms. The van der Waals surface area contributed by atoms with Crippen molar-refractivity contribution in [1.29, 1.82) is 0 Å². The van der Waals surface area contributed by atoms with Crippen LogP contribution in [0.1, 0.15) is 10.4 Å². The molecule has 0 atom stereocenters. The van der Waals surface area contributed by atoms with E-state index in [0.717, 1.165) is 29.5 Å². The zero-order valence-electron chi connectivity index (χ0n) is 5.60. The summed E-state index contributed by atoms with van der Waals surface area (Å²) < 4.78 is 3.62. The number of carbonyl (C=O) groups excluding carboxylic acids is 1. The first-order valence-corrected chi connectivity index (χ1v) is 4.99. The number of carbonyl (C=O) groups is 1. The summed E-state index contributed by atoms with van der Waals surface area (Å²) in [7, 11) is 0. The minimum absolute atomic E-state index is 0.0179. The van der Waals surface area contributed by atoms with Crippen LogP contribution >= 0.6 is 15.9 Å². The Morgan fingerprint density at radius 2 is 1.91 bits per heavy atom. The first kappa shape index (κ1) is 9.14. The van der Waals surface area contributed by atoms with Gasteiger partial charge in [-0.1, -0.05) is 0 Å². The standard InChI is InChI=1S/C7H6BrNO.Zr/c8-6-3-1-5(2-4-6)7(9)10;/h1-4H,(H2,9,10);/q;+1/p-1. The number of halogens is 1. The van der Waals surface area contributed by atoms with Gasteiger partial charge in [-0.2, -0.15) is 0 Å². The van der Waals surface area contributed by atoms with E-state index in [-0.39, 0.29) is 5.91 Å². The van der Waals surface area contributed by atoms with Gasteiger partial charge in [0, 0.05) is 0 Å². The second-order valence-corrected chi connectivity index (χ2v) is 3.49. The van der Waals surface area contributed by atoms with Gasteiger partial charge in [0.25, 0.3) is 0 Å². The summed E-state index contributed by atoms with van der Waals surface area (Å²) in [4.78, 5) is 11.0. The van der Waals surface area contributed by atoms with Crippen LogP contribution in [-0.2, 0) is 25.0 Å². The number of amides is 1. The summed E-state index contributed by atoms with van der Waals surface area (Å²) >= 11 is 4.31. The Morgan fingerprint density at radius 1 is 1.36 bits per heavy atom. The molecule has 0 spiro atoms. The molecule has 1 N–H and O–H groups in total. The molecule has 0 aliphatic rings. The average Bonchev–Trinajstić information content (AvgIpc) is 2.05. The van der Waals surface area contributed by atoms with Crippen LogP contribution < -0.4 is 3.26 Å². The summed E-state index contributed by atoms with van der Waals surface area (Å²) in [6.07, 6.45) is 0. The van der Waals surface area contributed by atoms with Gasteiger partial charge in [-0.15, -0.1) is 0 Å². The van der Waals surface area contributed by atoms with Crippen LogP contribution in [0.15, 0.2) is 28.7 Å². The molecule has 1 aromatic rings. The van der Waals surface area contributed by atoms with E-state index >= 15 is 0 Å². The molecule has 0 aromatic heterocycles. The molecule has 0 aliphatic carbocycles. The average molecular weight is 290 g/mol. The summed E-state index contributed by atoms with van der Waals surface area (Å²) in [5.41, 5.74) is 0.699. The molecule has 0 aliphatic heterocycles. The van der Waals surface area contributed by atoms with Crippen molar-refractivity contribution < 1.29 is 29.8 Å². The van der Waals surface area contributed by atoms with Crippen LogP contribution in [0.4, 0.5) is 0 Å². The van der Waals surface area contributed by atoms with Crippen LogP contribution in [0.3, 0.4) is 0 Å². The summed E-state index contributed by atoms with van der Waals surface area (Å²) in [5, 5.41) is 0. The van der Waals surface area contributed by atoms with Gasteiger partial charge in [0.05, 0.1) is 0 Å². The van der Waals surface area contributed by atoms with Gasteiger partial charge in [-0.05, 0) is 0 Å². The predicted octanol–water partition coefficient (Wildman–Crippen LogP) is 1.64. The molecule has 2 nitrogen and oxygen atoms in total. The van der Waals surface area contributed by atoms with Crippen molar-refractivity contribution in [2.24, 2.45) is 0 Å². The Hall–Kier alpha value is 0.0531. The third-order valence-corrected chi connectivity index (χ3v) is 2.31. The molecule has 1 amide bonds. The van der Waals surface area contributed by atoms with E-state index in [1.54, 1.807) is 12.1 Å². The van der Waals surface area contributed by atoms with Crippen LogP contribution in [-0.4, -0.2) is 5.91 Å². The molecular weight excluding hydrogens is 285 g/mol. The van der Waals surface area contributed by atoms with Crippen LogP contribution in [0.2, 0.25) is 0 Å². The quantitative estimate of drug-likeness (QED) is 0.837. The van der Waals surface area contributed by atoms with Gasteiger partial charge in [-0.3, -0.25) is 0 Å². The topological polar surface area (TPSA) is 29.1 Å². The van der Waals surface area contributed by atoms with Crippen LogP contribution in [0, 0.1) is 0 Å². The van der Waals surface area contributed by atoms with Gasteiger partial charge in [-0.25, -0.2) is 0 Å². The van der Waals surface area contributed by atoms with Crippen molar-refractivity contribution in [2.75, 3.05) is 0 Å².